The molecule has 1 aliphatic rings. The molecule has 21 heavy (non-hydrogen) atoms. The molecular weight excluding hydrogens is 266 g/mol. The van der Waals surface area contributed by atoms with Gasteiger partial charge in [-0.25, -0.2) is 0 Å². The van der Waals surface area contributed by atoms with Crippen molar-refractivity contribution in [1.82, 2.24) is 15.2 Å². The average Bonchev–Trinajstić information content (AvgIpc) is 2.98. The Morgan fingerprint density at radius 1 is 1.38 bits per heavy atom. The van der Waals surface area contributed by atoms with Gasteiger partial charge in [0.1, 0.15) is 5.75 Å². The zero-order chi connectivity index (χ0) is 14.7. The van der Waals surface area contributed by atoms with Gasteiger partial charge in [-0.2, -0.15) is 4.98 Å². The maximum absolute atomic E-state index is 6.00. The number of ether oxygens (including phenoxy) is 1. The first-order valence-corrected chi connectivity index (χ1v) is 7.42. The summed E-state index contributed by atoms with van der Waals surface area (Å²) in [6.45, 7) is 4.43. The Hall–Kier alpha value is -2.08. The Bertz CT molecular complexity index is 580. The van der Waals surface area contributed by atoms with E-state index in [0.29, 0.717) is 6.61 Å². The molecule has 1 aliphatic heterocycles. The van der Waals surface area contributed by atoms with Gasteiger partial charge in [-0.15, -0.1) is 5.10 Å². The number of aromatic amines is 1. The number of aromatic nitrogens is 3. The van der Waals surface area contributed by atoms with Crippen LogP contribution in [0.1, 0.15) is 19.8 Å². The Morgan fingerprint density at radius 2 is 2.19 bits per heavy atom. The minimum absolute atomic E-state index is 0.214. The summed E-state index contributed by atoms with van der Waals surface area (Å²) in [5.74, 6) is 2.37. The lowest BCUT2D eigenvalue weighted by atomic mass is 10.1. The van der Waals surface area contributed by atoms with Crippen LogP contribution in [0.3, 0.4) is 0 Å². The second kappa shape index (κ2) is 6.13. The second-order valence-electron chi connectivity index (χ2n) is 5.29. The number of hydrogen-bond acceptors (Lipinski definition) is 5. The standard InChI is InChI=1S/C15H21N5O/c1-2-21-13-7-5-11(6-8-13)14-17-15(19-18-14)20-9-3-4-12(16)10-20/h5-8,12H,2-4,9-10,16H2,1H3,(H,17,18,19). The number of anilines is 1. The van der Waals surface area contributed by atoms with Crippen molar-refractivity contribution in [2.75, 3.05) is 24.6 Å². The third-order valence-electron chi connectivity index (χ3n) is 3.65. The number of hydrogen-bond donors (Lipinski definition) is 2. The minimum atomic E-state index is 0.214. The van der Waals surface area contributed by atoms with E-state index in [2.05, 4.69) is 20.1 Å². The molecule has 0 aliphatic carbocycles. The number of nitrogens with two attached hydrogens (primary N) is 1. The lowest BCUT2D eigenvalue weighted by Crippen LogP contribution is -2.43. The van der Waals surface area contributed by atoms with Gasteiger partial charge in [0.05, 0.1) is 6.61 Å². The summed E-state index contributed by atoms with van der Waals surface area (Å²) in [7, 11) is 0. The highest BCUT2D eigenvalue weighted by atomic mass is 16.5. The number of benzene rings is 1. The number of piperidine rings is 1. The molecular formula is C15H21N5O. The van der Waals surface area contributed by atoms with Crippen LogP contribution in [0.25, 0.3) is 11.4 Å². The Morgan fingerprint density at radius 3 is 2.90 bits per heavy atom. The lowest BCUT2D eigenvalue weighted by molar-refractivity contribution is 0.340. The van der Waals surface area contributed by atoms with Gasteiger partial charge in [0, 0.05) is 24.7 Å². The molecule has 1 aromatic carbocycles. The van der Waals surface area contributed by atoms with Crippen LogP contribution in [0, 0.1) is 0 Å². The molecule has 6 heteroatoms. The maximum Gasteiger partial charge on any atom is 0.245 e. The summed E-state index contributed by atoms with van der Waals surface area (Å²) in [4.78, 5) is 6.72. The fourth-order valence-electron chi connectivity index (χ4n) is 2.59. The van der Waals surface area contributed by atoms with Crippen LogP contribution in [-0.4, -0.2) is 40.9 Å². The van der Waals surface area contributed by atoms with Gasteiger partial charge in [0.15, 0.2) is 5.82 Å². The summed E-state index contributed by atoms with van der Waals surface area (Å²) in [6.07, 6.45) is 2.17. The fraction of sp³-hybridized carbons (Fsp3) is 0.467. The van der Waals surface area contributed by atoms with Crippen molar-refractivity contribution in [2.45, 2.75) is 25.8 Å². The highest BCUT2D eigenvalue weighted by Gasteiger charge is 2.20. The first-order chi connectivity index (χ1) is 10.3. The molecule has 0 bridgehead atoms. The van der Waals surface area contributed by atoms with Crippen molar-refractivity contribution in [3.8, 4) is 17.1 Å². The van der Waals surface area contributed by atoms with Gasteiger partial charge in [-0.1, -0.05) is 0 Å². The van der Waals surface area contributed by atoms with Crippen molar-refractivity contribution in [1.29, 1.82) is 0 Å². The smallest absolute Gasteiger partial charge is 0.245 e. The van der Waals surface area contributed by atoms with E-state index in [1.807, 2.05) is 31.2 Å². The Balaban J connectivity index is 1.74. The summed E-state index contributed by atoms with van der Waals surface area (Å²) >= 11 is 0. The Labute approximate surface area is 124 Å². The molecule has 0 saturated carbocycles. The molecule has 3 rings (SSSR count). The highest BCUT2D eigenvalue weighted by molar-refractivity contribution is 5.57. The first kappa shape index (κ1) is 13.9. The predicted octanol–water partition coefficient (Wildman–Crippen LogP) is 1.80. The monoisotopic (exact) mass is 287 g/mol. The summed E-state index contributed by atoms with van der Waals surface area (Å²) in [5, 5.41) is 7.31. The largest absolute Gasteiger partial charge is 0.494 e. The molecule has 0 amide bonds. The molecule has 1 atom stereocenters. The van der Waals surface area contributed by atoms with E-state index in [9.17, 15) is 0 Å². The van der Waals surface area contributed by atoms with Gasteiger partial charge in [0.2, 0.25) is 5.95 Å². The zero-order valence-corrected chi connectivity index (χ0v) is 12.2. The molecule has 0 radical (unpaired) electrons. The number of nitrogens with zero attached hydrogens (tertiary/aromatic N) is 3. The molecule has 3 N–H and O–H groups in total. The van der Waals surface area contributed by atoms with E-state index in [-0.39, 0.29) is 6.04 Å². The summed E-state index contributed by atoms with van der Waals surface area (Å²) in [6, 6.07) is 8.07. The van der Waals surface area contributed by atoms with Crippen LogP contribution in [0.5, 0.6) is 5.75 Å². The third kappa shape index (κ3) is 3.16. The van der Waals surface area contributed by atoms with Gasteiger partial charge < -0.3 is 15.4 Å². The van der Waals surface area contributed by atoms with Crippen LogP contribution in [0.4, 0.5) is 5.95 Å². The molecule has 6 nitrogen and oxygen atoms in total. The van der Waals surface area contributed by atoms with Gasteiger partial charge in [0.25, 0.3) is 0 Å². The van der Waals surface area contributed by atoms with E-state index in [1.165, 1.54) is 0 Å². The second-order valence-corrected chi connectivity index (χ2v) is 5.29. The molecule has 1 aromatic heterocycles. The number of rotatable bonds is 4. The van der Waals surface area contributed by atoms with Crippen LogP contribution >= 0.6 is 0 Å². The molecule has 1 saturated heterocycles. The minimum Gasteiger partial charge on any atom is -0.494 e. The topological polar surface area (TPSA) is 80.1 Å². The Kier molecular flexibility index (Phi) is 4.06. The molecule has 1 fully saturated rings. The van der Waals surface area contributed by atoms with Crippen LogP contribution < -0.4 is 15.4 Å². The average molecular weight is 287 g/mol. The summed E-state index contributed by atoms with van der Waals surface area (Å²) < 4.78 is 5.44. The fourth-order valence-corrected chi connectivity index (χ4v) is 2.59. The van der Waals surface area contributed by atoms with Gasteiger partial charge in [-0.3, -0.25) is 5.10 Å². The van der Waals surface area contributed by atoms with Gasteiger partial charge in [-0.05, 0) is 44.0 Å². The predicted molar refractivity (Wildman–Crippen MR) is 82.4 cm³/mol. The van der Waals surface area contributed by atoms with E-state index in [0.717, 1.165) is 49.0 Å². The highest BCUT2D eigenvalue weighted by Crippen LogP contribution is 2.22. The van der Waals surface area contributed by atoms with E-state index < -0.39 is 0 Å². The molecule has 2 heterocycles. The SMILES string of the molecule is CCOc1ccc(-c2nc(N3CCCC(N)C3)n[nH]2)cc1. The van der Waals surface area contributed by atoms with E-state index in [4.69, 9.17) is 10.5 Å². The van der Waals surface area contributed by atoms with Crippen molar-refractivity contribution in [3.05, 3.63) is 24.3 Å². The summed E-state index contributed by atoms with van der Waals surface area (Å²) in [5.41, 5.74) is 7.00. The van der Waals surface area contributed by atoms with Crippen LogP contribution in [0.15, 0.2) is 24.3 Å². The van der Waals surface area contributed by atoms with E-state index in [1.54, 1.807) is 0 Å². The molecule has 1 unspecified atom stereocenters. The van der Waals surface area contributed by atoms with Crippen molar-refractivity contribution < 1.29 is 4.74 Å². The zero-order valence-electron chi connectivity index (χ0n) is 12.2. The van der Waals surface area contributed by atoms with Crippen molar-refractivity contribution in [3.63, 3.8) is 0 Å². The van der Waals surface area contributed by atoms with Crippen molar-refractivity contribution in [2.24, 2.45) is 5.73 Å². The van der Waals surface area contributed by atoms with Crippen LogP contribution in [-0.2, 0) is 0 Å². The first-order valence-electron chi connectivity index (χ1n) is 7.42. The molecule has 0 spiro atoms. The number of nitrogens with one attached hydrogen (secondary N) is 1. The van der Waals surface area contributed by atoms with Crippen LogP contribution in [0.2, 0.25) is 0 Å². The number of H-pyrrole nitrogens is 1. The maximum atomic E-state index is 6.00. The lowest BCUT2D eigenvalue weighted by Gasteiger charge is -2.29. The van der Waals surface area contributed by atoms with E-state index >= 15 is 0 Å². The van der Waals surface area contributed by atoms with Gasteiger partial charge >= 0.3 is 0 Å². The molecule has 112 valence electrons. The van der Waals surface area contributed by atoms with Crippen molar-refractivity contribution >= 4 is 5.95 Å². The molecule has 2 aromatic rings. The normalized spacial score (nSPS) is 18.8. The third-order valence-corrected chi connectivity index (χ3v) is 3.65. The quantitative estimate of drug-likeness (QED) is 0.896.